The zero-order valence-electron chi connectivity index (χ0n) is 5.63. The number of carbonyl (C=O) groups is 1. The summed E-state index contributed by atoms with van der Waals surface area (Å²) in [6.45, 7) is 1.72. The first-order valence-corrected chi connectivity index (χ1v) is 3.49. The van der Waals surface area contributed by atoms with Crippen molar-refractivity contribution >= 4 is 5.78 Å². The second-order valence-corrected chi connectivity index (χ2v) is 2.69. The molecule has 0 spiro atoms. The fourth-order valence-corrected chi connectivity index (χ4v) is 1.46. The molecule has 0 amide bonds. The van der Waals surface area contributed by atoms with Crippen LogP contribution in [0.25, 0.3) is 0 Å². The van der Waals surface area contributed by atoms with Gasteiger partial charge in [0.1, 0.15) is 0 Å². The van der Waals surface area contributed by atoms with Gasteiger partial charge in [-0.05, 0) is 11.6 Å². The summed E-state index contributed by atoms with van der Waals surface area (Å²) < 4.78 is 0. The third-order valence-electron chi connectivity index (χ3n) is 2.04. The lowest BCUT2D eigenvalue weighted by molar-refractivity contribution is -0.116. The largest absolute Gasteiger partial charge is 0.312 e. The third-order valence-corrected chi connectivity index (χ3v) is 2.04. The Kier molecular flexibility index (Phi) is 1.21. The van der Waals surface area contributed by atoms with Crippen molar-refractivity contribution in [1.82, 2.24) is 5.32 Å². The molecule has 1 heterocycles. The van der Waals surface area contributed by atoms with Crippen LogP contribution in [0.1, 0.15) is 0 Å². The molecule has 1 atom stereocenters. The molecule has 1 fully saturated rings. The van der Waals surface area contributed by atoms with Gasteiger partial charge in [-0.3, -0.25) is 4.79 Å². The van der Waals surface area contributed by atoms with Gasteiger partial charge in [0.15, 0.2) is 5.78 Å². The van der Waals surface area contributed by atoms with Gasteiger partial charge in [-0.1, -0.05) is 12.2 Å². The van der Waals surface area contributed by atoms with E-state index in [1.54, 1.807) is 6.08 Å². The molecule has 1 aliphatic carbocycles. The van der Waals surface area contributed by atoms with E-state index in [0.29, 0.717) is 0 Å². The number of rotatable bonds is 0. The minimum Gasteiger partial charge on any atom is -0.312 e. The molecular weight excluding hydrogens is 126 g/mol. The van der Waals surface area contributed by atoms with Crippen molar-refractivity contribution in [2.75, 3.05) is 13.1 Å². The van der Waals surface area contributed by atoms with E-state index in [1.807, 2.05) is 12.2 Å². The van der Waals surface area contributed by atoms with Crippen LogP contribution in [0.5, 0.6) is 0 Å². The summed E-state index contributed by atoms with van der Waals surface area (Å²) in [5.74, 6) is 0.410. The Morgan fingerprint density at radius 2 is 2.50 bits per heavy atom. The minimum atomic E-state index is 0.157. The Bertz CT molecular complexity index is 227. The number of nitrogens with one attached hydrogen (secondary N) is 1. The van der Waals surface area contributed by atoms with Crippen LogP contribution < -0.4 is 5.32 Å². The van der Waals surface area contributed by atoms with Crippen LogP contribution in [0.4, 0.5) is 0 Å². The lowest BCUT2D eigenvalue weighted by Gasteiger charge is -2.08. The van der Waals surface area contributed by atoms with E-state index in [1.165, 1.54) is 5.57 Å². The van der Waals surface area contributed by atoms with Crippen molar-refractivity contribution in [2.45, 2.75) is 0 Å². The molecular formula is C8H9NO. The second kappa shape index (κ2) is 2.06. The number of carbonyl (C=O) groups excluding carboxylic acids is 1. The Balaban J connectivity index is 2.33. The van der Waals surface area contributed by atoms with Crippen molar-refractivity contribution in [3.05, 3.63) is 23.8 Å². The van der Waals surface area contributed by atoms with Crippen LogP contribution in [-0.4, -0.2) is 18.9 Å². The van der Waals surface area contributed by atoms with E-state index in [2.05, 4.69) is 5.32 Å². The molecule has 2 rings (SSSR count). The van der Waals surface area contributed by atoms with Gasteiger partial charge in [0.05, 0.1) is 5.92 Å². The highest BCUT2D eigenvalue weighted by atomic mass is 16.1. The summed E-state index contributed by atoms with van der Waals surface area (Å²) >= 11 is 0. The molecule has 0 aromatic heterocycles. The summed E-state index contributed by atoms with van der Waals surface area (Å²) in [5, 5.41) is 3.17. The Morgan fingerprint density at radius 1 is 1.60 bits per heavy atom. The SMILES string of the molecule is O=C1C=CC=C2CNCC12. The molecule has 10 heavy (non-hydrogen) atoms. The number of hydrogen-bond donors (Lipinski definition) is 1. The van der Waals surface area contributed by atoms with Gasteiger partial charge in [-0.25, -0.2) is 0 Å². The summed E-state index contributed by atoms with van der Waals surface area (Å²) in [6.07, 6.45) is 5.52. The normalized spacial score (nSPS) is 30.2. The fourth-order valence-electron chi connectivity index (χ4n) is 1.46. The molecule has 0 radical (unpaired) electrons. The average Bonchev–Trinajstić information content (AvgIpc) is 2.36. The topological polar surface area (TPSA) is 29.1 Å². The van der Waals surface area contributed by atoms with Crippen molar-refractivity contribution in [3.63, 3.8) is 0 Å². The summed E-state index contributed by atoms with van der Waals surface area (Å²) in [7, 11) is 0. The third kappa shape index (κ3) is 0.727. The predicted octanol–water partition coefficient (Wildman–Crippen LogP) is 0.271. The summed E-state index contributed by atoms with van der Waals surface area (Å²) in [6, 6.07) is 0. The van der Waals surface area contributed by atoms with Gasteiger partial charge in [0.2, 0.25) is 0 Å². The second-order valence-electron chi connectivity index (χ2n) is 2.69. The highest BCUT2D eigenvalue weighted by Gasteiger charge is 2.26. The minimum absolute atomic E-state index is 0.157. The zero-order valence-corrected chi connectivity index (χ0v) is 5.63. The highest BCUT2D eigenvalue weighted by Crippen LogP contribution is 2.20. The number of hydrogen-bond acceptors (Lipinski definition) is 2. The fraction of sp³-hybridized carbons (Fsp3) is 0.375. The highest BCUT2D eigenvalue weighted by molar-refractivity contribution is 5.96. The number of ketones is 1. The standard InChI is InChI=1S/C8H9NO/c10-8-3-1-2-6-4-9-5-7(6)8/h1-3,7,9H,4-5H2. The van der Waals surface area contributed by atoms with Gasteiger partial charge in [0.25, 0.3) is 0 Å². The summed E-state index contributed by atoms with van der Waals surface area (Å²) in [5.41, 5.74) is 1.24. The van der Waals surface area contributed by atoms with Gasteiger partial charge >= 0.3 is 0 Å². The lowest BCUT2D eigenvalue weighted by Crippen LogP contribution is -2.17. The Hall–Kier alpha value is -0.890. The quantitative estimate of drug-likeness (QED) is 0.516. The van der Waals surface area contributed by atoms with E-state index in [4.69, 9.17) is 0 Å². The monoisotopic (exact) mass is 135 g/mol. The Morgan fingerprint density at radius 3 is 3.30 bits per heavy atom. The van der Waals surface area contributed by atoms with Crippen molar-refractivity contribution < 1.29 is 4.79 Å². The van der Waals surface area contributed by atoms with Crippen LogP contribution >= 0.6 is 0 Å². The van der Waals surface area contributed by atoms with Gasteiger partial charge in [-0.15, -0.1) is 0 Å². The molecule has 1 saturated heterocycles. The first kappa shape index (κ1) is 5.86. The van der Waals surface area contributed by atoms with Crippen LogP contribution in [0.15, 0.2) is 23.8 Å². The molecule has 0 aromatic carbocycles. The van der Waals surface area contributed by atoms with Crippen LogP contribution in [0.3, 0.4) is 0 Å². The molecule has 2 aliphatic rings. The first-order chi connectivity index (χ1) is 4.88. The molecule has 1 aliphatic heterocycles. The predicted molar refractivity (Wildman–Crippen MR) is 38.6 cm³/mol. The molecule has 0 bridgehead atoms. The van der Waals surface area contributed by atoms with E-state index < -0.39 is 0 Å². The van der Waals surface area contributed by atoms with E-state index in [0.717, 1.165) is 13.1 Å². The van der Waals surface area contributed by atoms with Crippen molar-refractivity contribution in [3.8, 4) is 0 Å². The molecule has 0 aromatic rings. The van der Waals surface area contributed by atoms with Crippen LogP contribution in [0.2, 0.25) is 0 Å². The lowest BCUT2D eigenvalue weighted by atomic mass is 9.94. The van der Waals surface area contributed by atoms with Gasteiger partial charge in [-0.2, -0.15) is 0 Å². The number of fused-ring (bicyclic) bond motifs is 1. The molecule has 0 saturated carbocycles. The van der Waals surface area contributed by atoms with Gasteiger partial charge in [0, 0.05) is 13.1 Å². The van der Waals surface area contributed by atoms with E-state index >= 15 is 0 Å². The van der Waals surface area contributed by atoms with Gasteiger partial charge < -0.3 is 5.32 Å². The van der Waals surface area contributed by atoms with E-state index in [-0.39, 0.29) is 11.7 Å². The average molecular weight is 135 g/mol. The smallest absolute Gasteiger partial charge is 0.164 e. The van der Waals surface area contributed by atoms with E-state index in [9.17, 15) is 4.79 Å². The molecule has 52 valence electrons. The maximum Gasteiger partial charge on any atom is 0.164 e. The molecule has 1 unspecified atom stereocenters. The number of allylic oxidation sites excluding steroid dienone is 3. The van der Waals surface area contributed by atoms with Crippen molar-refractivity contribution in [2.24, 2.45) is 5.92 Å². The molecule has 1 N–H and O–H groups in total. The maximum absolute atomic E-state index is 11.1. The van der Waals surface area contributed by atoms with Crippen molar-refractivity contribution in [1.29, 1.82) is 0 Å². The Labute approximate surface area is 59.6 Å². The first-order valence-electron chi connectivity index (χ1n) is 3.49. The zero-order chi connectivity index (χ0) is 6.97. The molecule has 2 heteroatoms. The van der Waals surface area contributed by atoms with Crippen LogP contribution in [-0.2, 0) is 4.79 Å². The molecule has 2 nitrogen and oxygen atoms in total. The summed E-state index contributed by atoms with van der Waals surface area (Å²) in [4.78, 5) is 11.1. The van der Waals surface area contributed by atoms with Crippen LogP contribution in [0, 0.1) is 5.92 Å². The maximum atomic E-state index is 11.1.